The molecule has 0 radical (unpaired) electrons. The van der Waals surface area contributed by atoms with Crippen molar-refractivity contribution in [2.75, 3.05) is 6.54 Å². The second-order valence-corrected chi connectivity index (χ2v) is 7.26. The molecule has 0 saturated carbocycles. The molecule has 2 heterocycles. The Bertz CT molecular complexity index is 1100. The van der Waals surface area contributed by atoms with Gasteiger partial charge in [0.1, 0.15) is 23.2 Å². The average Bonchev–Trinajstić information content (AvgIpc) is 3.13. The van der Waals surface area contributed by atoms with E-state index < -0.39 is 17.9 Å². The number of hydrogen-bond acceptors (Lipinski definition) is 5. The van der Waals surface area contributed by atoms with Gasteiger partial charge in [0.25, 0.3) is 11.8 Å². The van der Waals surface area contributed by atoms with Gasteiger partial charge < -0.3 is 9.52 Å². The number of aliphatic hydroxyl groups excluding tert-OH is 1. The van der Waals surface area contributed by atoms with Crippen molar-refractivity contribution in [2.45, 2.75) is 26.9 Å². The molecule has 0 fully saturated rings. The van der Waals surface area contributed by atoms with Crippen LogP contribution in [0, 0.1) is 18.3 Å². The lowest BCUT2D eigenvalue weighted by molar-refractivity contribution is -0.141. The molecule has 6 nitrogen and oxygen atoms in total. The summed E-state index contributed by atoms with van der Waals surface area (Å²) in [6.45, 7) is 4.70. The van der Waals surface area contributed by atoms with Gasteiger partial charge in [-0.2, -0.15) is 5.26 Å². The molecule has 2 aromatic rings. The number of benzene rings is 1. The van der Waals surface area contributed by atoms with Gasteiger partial charge in [-0.25, -0.2) is 0 Å². The van der Waals surface area contributed by atoms with Crippen molar-refractivity contribution < 1.29 is 19.1 Å². The summed E-state index contributed by atoms with van der Waals surface area (Å²) in [6, 6.07) is 10.8. The first-order chi connectivity index (χ1) is 13.7. The van der Waals surface area contributed by atoms with E-state index in [1.807, 2.05) is 25.1 Å². The van der Waals surface area contributed by atoms with Crippen LogP contribution >= 0.6 is 11.6 Å². The summed E-state index contributed by atoms with van der Waals surface area (Å²) in [5.41, 5.74) is 2.02. The molecule has 1 aliphatic heterocycles. The molecule has 2 amide bonds. The first kappa shape index (κ1) is 20.6. The molecule has 3 rings (SSSR count). The zero-order chi connectivity index (χ0) is 21.3. The van der Waals surface area contributed by atoms with Crippen LogP contribution in [-0.4, -0.2) is 34.5 Å². The molecule has 1 N–H and O–H groups in total. The minimum absolute atomic E-state index is 0.131. The van der Waals surface area contributed by atoms with Crippen LogP contribution in [0.1, 0.15) is 25.2 Å². The molecule has 1 aromatic heterocycles. The van der Waals surface area contributed by atoms with Gasteiger partial charge in [-0.3, -0.25) is 14.5 Å². The Hall–Kier alpha value is -3.14. The van der Waals surface area contributed by atoms with E-state index in [1.54, 1.807) is 25.1 Å². The van der Waals surface area contributed by atoms with Crippen LogP contribution in [0.3, 0.4) is 0 Å². The van der Waals surface area contributed by atoms with Crippen molar-refractivity contribution in [3.05, 3.63) is 63.4 Å². The van der Waals surface area contributed by atoms with E-state index in [-0.39, 0.29) is 23.3 Å². The third kappa shape index (κ3) is 3.88. The molecule has 1 unspecified atom stereocenters. The van der Waals surface area contributed by atoms with Crippen molar-refractivity contribution in [3.8, 4) is 17.4 Å². The Kier molecular flexibility index (Phi) is 5.73. The van der Waals surface area contributed by atoms with Gasteiger partial charge in [0.05, 0.1) is 12.6 Å². The quantitative estimate of drug-likeness (QED) is 0.609. The van der Waals surface area contributed by atoms with E-state index in [0.717, 1.165) is 16.0 Å². The van der Waals surface area contributed by atoms with E-state index >= 15 is 0 Å². The number of β-amino-alcohol motifs (C(OH)–C–C–N with tert-alkyl or cyclic N) is 1. The second-order valence-electron chi connectivity index (χ2n) is 6.85. The maximum atomic E-state index is 12.8. The van der Waals surface area contributed by atoms with Gasteiger partial charge in [0.2, 0.25) is 0 Å². The monoisotopic (exact) mass is 410 g/mol. The predicted octanol–water partition coefficient (Wildman–Crippen LogP) is 3.88. The lowest BCUT2D eigenvalue weighted by Gasteiger charge is -2.28. The summed E-state index contributed by atoms with van der Waals surface area (Å²) >= 11 is 6.17. The second kappa shape index (κ2) is 8.08. The molecule has 0 saturated heterocycles. The number of nitriles is 1. The van der Waals surface area contributed by atoms with Crippen molar-refractivity contribution in [1.82, 2.24) is 4.90 Å². The van der Waals surface area contributed by atoms with Crippen LogP contribution < -0.4 is 0 Å². The van der Waals surface area contributed by atoms with Crippen LogP contribution in [0.15, 0.2) is 51.5 Å². The molecule has 0 bridgehead atoms. The maximum Gasteiger partial charge on any atom is 0.271 e. The van der Waals surface area contributed by atoms with Gasteiger partial charge in [0, 0.05) is 16.2 Å². The zero-order valence-electron chi connectivity index (χ0n) is 16.2. The number of imide groups is 1. The van der Waals surface area contributed by atoms with Crippen molar-refractivity contribution in [1.29, 1.82) is 5.26 Å². The first-order valence-electron chi connectivity index (χ1n) is 8.97. The van der Waals surface area contributed by atoms with E-state index in [2.05, 4.69) is 0 Å². The number of nitrogens with zero attached hydrogens (tertiary/aromatic N) is 2. The Morgan fingerprint density at radius 3 is 2.62 bits per heavy atom. The lowest BCUT2D eigenvalue weighted by atomic mass is 9.94. The number of rotatable bonds is 4. The minimum atomic E-state index is -0.913. The summed E-state index contributed by atoms with van der Waals surface area (Å²) in [5, 5.41) is 19.6. The molecule has 148 valence electrons. The highest BCUT2D eigenvalue weighted by Gasteiger charge is 2.36. The lowest BCUT2D eigenvalue weighted by Crippen LogP contribution is -2.45. The largest absolute Gasteiger partial charge is 0.457 e. The molecular weight excluding hydrogens is 392 g/mol. The molecule has 1 aliphatic rings. The van der Waals surface area contributed by atoms with Crippen LogP contribution in [-0.2, 0) is 9.59 Å². The molecule has 0 aliphatic carbocycles. The average molecular weight is 411 g/mol. The molecule has 29 heavy (non-hydrogen) atoms. The van der Waals surface area contributed by atoms with Crippen LogP contribution in [0.2, 0.25) is 5.02 Å². The zero-order valence-corrected chi connectivity index (χ0v) is 16.9. The fourth-order valence-corrected chi connectivity index (χ4v) is 3.33. The Morgan fingerprint density at radius 2 is 1.97 bits per heavy atom. The number of halogens is 1. The van der Waals surface area contributed by atoms with Gasteiger partial charge in [0.15, 0.2) is 0 Å². The normalized spacial score (nSPS) is 17.1. The summed E-state index contributed by atoms with van der Waals surface area (Å²) in [7, 11) is 0. The Morgan fingerprint density at radius 1 is 1.24 bits per heavy atom. The van der Waals surface area contributed by atoms with Crippen molar-refractivity contribution in [2.24, 2.45) is 0 Å². The van der Waals surface area contributed by atoms with Crippen LogP contribution in [0.4, 0.5) is 0 Å². The predicted molar refractivity (Wildman–Crippen MR) is 109 cm³/mol. The molecule has 7 heteroatoms. The number of amides is 2. The highest BCUT2D eigenvalue weighted by atomic mass is 35.5. The fraction of sp³-hybridized carbons (Fsp3) is 0.227. The molecule has 1 atom stereocenters. The molecule has 1 aromatic carbocycles. The van der Waals surface area contributed by atoms with Crippen molar-refractivity contribution in [3.63, 3.8) is 0 Å². The third-order valence-corrected chi connectivity index (χ3v) is 5.13. The molecular formula is C22H19ClN2O4. The minimum Gasteiger partial charge on any atom is -0.457 e. The smallest absolute Gasteiger partial charge is 0.271 e. The summed E-state index contributed by atoms with van der Waals surface area (Å²) in [6.07, 6.45) is 0.586. The number of aliphatic hydroxyl groups is 1. The van der Waals surface area contributed by atoms with Crippen molar-refractivity contribution >= 4 is 29.5 Å². The van der Waals surface area contributed by atoms with Crippen LogP contribution in [0.25, 0.3) is 17.4 Å². The standard InChI is InChI=1S/C22H19ClN2O4/c1-12(26)11-25-21(27)17(13(2)18(10-24)22(25)28)9-15-7-8-20(29-15)16-5-4-6-19(23)14(16)3/h4-9,12,26H,11H2,1-3H3/b17-9-. The van der Waals surface area contributed by atoms with Gasteiger partial charge >= 0.3 is 0 Å². The number of hydrogen-bond donors (Lipinski definition) is 1. The fourth-order valence-electron chi connectivity index (χ4n) is 3.15. The SMILES string of the molecule is CC1=C(C#N)C(=O)N(CC(C)O)C(=O)/C1=C\c1ccc(-c2cccc(Cl)c2C)o1. The number of furan rings is 1. The summed E-state index contributed by atoms with van der Waals surface area (Å²) < 4.78 is 5.87. The highest BCUT2D eigenvalue weighted by molar-refractivity contribution is 6.31. The Labute approximate surface area is 173 Å². The molecule has 0 spiro atoms. The first-order valence-corrected chi connectivity index (χ1v) is 9.35. The van der Waals surface area contributed by atoms with E-state index in [1.165, 1.54) is 13.0 Å². The summed E-state index contributed by atoms with van der Waals surface area (Å²) in [5.74, 6) is -0.308. The third-order valence-electron chi connectivity index (χ3n) is 4.72. The summed E-state index contributed by atoms with van der Waals surface area (Å²) in [4.78, 5) is 26.1. The number of carbonyl (C=O) groups excluding carboxylic acids is 2. The van der Waals surface area contributed by atoms with E-state index in [4.69, 9.17) is 16.0 Å². The number of carbonyl (C=O) groups is 2. The van der Waals surface area contributed by atoms with E-state index in [9.17, 15) is 20.0 Å². The maximum absolute atomic E-state index is 12.8. The van der Waals surface area contributed by atoms with Crippen LogP contribution in [0.5, 0.6) is 0 Å². The Balaban J connectivity index is 2.05. The van der Waals surface area contributed by atoms with Gasteiger partial charge in [-0.1, -0.05) is 23.7 Å². The van der Waals surface area contributed by atoms with E-state index in [0.29, 0.717) is 16.5 Å². The van der Waals surface area contributed by atoms with Gasteiger partial charge in [-0.15, -0.1) is 0 Å². The highest BCUT2D eigenvalue weighted by Crippen LogP contribution is 2.32. The van der Waals surface area contributed by atoms with Gasteiger partial charge in [-0.05, 0) is 56.2 Å². The topological polar surface area (TPSA) is 94.5 Å².